The molecule has 9 heteroatoms. The Morgan fingerprint density at radius 1 is 1.48 bits per heavy atom. The van der Waals surface area contributed by atoms with Crippen LogP contribution in [0.3, 0.4) is 0 Å². The zero-order valence-corrected chi connectivity index (χ0v) is 17.2. The van der Waals surface area contributed by atoms with E-state index < -0.39 is 12.9 Å². The van der Waals surface area contributed by atoms with E-state index in [-0.39, 0.29) is 17.6 Å². The molecule has 0 saturated carbocycles. The minimum Gasteiger partial charge on any atom is -0.497 e. The predicted octanol–water partition coefficient (Wildman–Crippen LogP) is 3.36. The smallest absolute Gasteiger partial charge is 0.247 e. The molecule has 0 aliphatic heterocycles. The number of rotatable bonds is 6. The van der Waals surface area contributed by atoms with Gasteiger partial charge in [-0.1, -0.05) is 6.58 Å². The zero-order chi connectivity index (χ0) is 24.6. The summed E-state index contributed by atoms with van der Waals surface area (Å²) in [6.45, 7) is 3.47. The molecule has 0 bridgehead atoms. The number of methoxy groups -OCH3 is 2. The molecule has 1 aliphatic carbocycles. The number of carbonyl (C=O) groups excluding carboxylic acids is 1. The van der Waals surface area contributed by atoms with Crippen molar-refractivity contribution in [2.75, 3.05) is 19.5 Å². The van der Waals surface area contributed by atoms with E-state index in [2.05, 4.69) is 27.2 Å². The number of aromatic nitrogens is 4. The van der Waals surface area contributed by atoms with Gasteiger partial charge in [-0.25, -0.2) is 4.39 Å². The minimum absolute atomic E-state index is 0.249. The van der Waals surface area contributed by atoms with E-state index in [0.29, 0.717) is 47.7 Å². The molecule has 2 N–H and O–H groups in total. The largest absolute Gasteiger partial charge is 0.497 e. The second-order valence-electron chi connectivity index (χ2n) is 7.32. The first-order valence-corrected chi connectivity index (χ1v) is 9.69. The molecule has 0 fully saturated rings. The highest BCUT2D eigenvalue weighted by atomic mass is 19.1. The Labute approximate surface area is 183 Å². The van der Waals surface area contributed by atoms with Gasteiger partial charge >= 0.3 is 0 Å². The summed E-state index contributed by atoms with van der Waals surface area (Å²) in [5, 5.41) is 14.5. The quantitative estimate of drug-likeness (QED) is 0.587. The van der Waals surface area contributed by atoms with Crippen LogP contribution in [0.4, 0.5) is 10.1 Å². The molecule has 8 nitrogen and oxygen atoms in total. The van der Waals surface area contributed by atoms with Gasteiger partial charge in [-0.2, -0.15) is 10.2 Å². The van der Waals surface area contributed by atoms with Gasteiger partial charge in [-0.3, -0.25) is 14.6 Å². The van der Waals surface area contributed by atoms with Gasteiger partial charge in [0.2, 0.25) is 5.91 Å². The van der Waals surface area contributed by atoms with Crippen LogP contribution in [0.15, 0.2) is 31.0 Å². The summed E-state index contributed by atoms with van der Waals surface area (Å²) in [5.74, 6) is -1.39. The van der Waals surface area contributed by atoms with Gasteiger partial charge in [0.1, 0.15) is 17.1 Å². The predicted molar refractivity (Wildman–Crippen MR) is 114 cm³/mol. The van der Waals surface area contributed by atoms with Crippen molar-refractivity contribution in [1.82, 2.24) is 20.0 Å². The lowest BCUT2D eigenvalue weighted by molar-refractivity contribution is -0.111. The van der Waals surface area contributed by atoms with Gasteiger partial charge in [0.25, 0.3) is 0 Å². The highest BCUT2D eigenvalue weighted by Crippen LogP contribution is 2.41. The fourth-order valence-electron chi connectivity index (χ4n) is 4.04. The fourth-order valence-corrected chi connectivity index (χ4v) is 4.04. The Morgan fingerprint density at radius 3 is 3.06 bits per heavy atom. The molecule has 1 unspecified atom stereocenters. The zero-order valence-electron chi connectivity index (χ0n) is 20.2. The maximum absolute atomic E-state index is 15.3. The number of carbonyl (C=O) groups is 1. The summed E-state index contributed by atoms with van der Waals surface area (Å²) in [7, 11) is 0.390. The Balaban J connectivity index is 1.67. The summed E-state index contributed by atoms with van der Waals surface area (Å²) in [6.07, 6.45) is 4.34. The number of nitrogens with zero attached hydrogens (tertiary/aromatic N) is 3. The Bertz CT molecular complexity index is 1250. The molecule has 0 spiro atoms. The van der Waals surface area contributed by atoms with Crippen LogP contribution in [-0.2, 0) is 24.7 Å². The van der Waals surface area contributed by atoms with E-state index in [0.717, 1.165) is 11.3 Å². The molecular weight excluding hydrogens is 401 g/mol. The van der Waals surface area contributed by atoms with Gasteiger partial charge in [-0.05, 0) is 42.9 Å². The first-order chi connectivity index (χ1) is 16.1. The van der Waals surface area contributed by atoms with Crippen molar-refractivity contribution in [2.45, 2.75) is 25.2 Å². The van der Waals surface area contributed by atoms with Crippen molar-refractivity contribution >= 4 is 11.6 Å². The lowest BCUT2D eigenvalue weighted by atomic mass is 9.81. The Hall–Kier alpha value is -3.62. The second kappa shape index (κ2) is 8.25. The number of fused-ring (bicyclic) bond motifs is 1. The van der Waals surface area contributed by atoms with E-state index in [9.17, 15) is 4.79 Å². The number of nitrogens with one attached hydrogen (secondary N) is 2. The van der Waals surface area contributed by atoms with Crippen molar-refractivity contribution in [3.05, 3.63) is 53.6 Å². The summed E-state index contributed by atoms with van der Waals surface area (Å²) in [5.41, 5.74) is 3.91. The molecule has 2 aromatic heterocycles. The number of amides is 1. The van der Waals surface area contributed by atoms with E-state index in [1.165, 1.54) is 19.3 Å². The third-order valence-corrected chi connectivity index (χ3v) is 5.58. The number of H-pyrrole nitrogens is 1. The van der Waals surface area contributed by atoms with Crippen LogP contribution in [0.25, 0.3) is 11.4 Å². The lowest BCUT2D eigenvalue weighted by Crippen LogP contribution is -2.15. The molecule has 162 valence electrons. The summed E-state index contributed by atoms with van der Waals surface area (Å²) in [4.78, 5) is 11.8. The van der Waals surface area contributed by atoms with Gasteiger partial charge < -0.3 is 14.8 Å². The molecule has 1 amide bonds. The topological polar surface area (TPSA) is 94.1 Å². The highest BCUT2D eigenvalue weighted by Gasteiger charge is 2.30. The average Bonchev–Trinajstić information content (AvgIpc) is 3.36. The minimum atomic E-state index is -2.79. The summed E-state index contributed by atoms with van der Waals surface area (Å²) in [6, 6.07) is 2.80. The van der Waals surface area contributed by atoms with Gasteiger partial charge in [-0.15, -0.1) is 0 Å². The van der Waals surface area contributed by atoms with Crippen LogP contribution in [-0.4, -0.2) is 40.0 Å². The summed E-state index contributed by atoms with van der Waals surface area (Å²) >= 11 is 0. The molecule has 1 aliphatic rings. The number of anilines is 1. The van der Waals surface area contributed by atoms with Crippen molar-refractivity contribution in [1.29, 1.82) is 0 Å². The molecule has 2 heterocycles. The first-order valence-electron chi connectivity index (χ1n) is 11.2. The number of hydrogen-bond acceptors (Lipinski definition) is 5. The van der Waals surface area contributed by atoms with Crippen molar-refractivity contribution in [3.63, 3.8) is 0 Å². The molecular formula is C22H24FN5O3. The third kappa shape index (κ3) is 3.67. The number of ether oxygens (including phenoxy) is 2. The number of aryl methyl sites for hydroxylation is 1. The third-order valence-electron chi connectivity index (χ3n) is 5.58. The molecule has 0 radical (unpaired) electrons. The summed E-state index contributed by atoms with van der Waals surface area (Å²) < 4.78 is 48.9. The Kier molecular flexibility index (Phi) is 4.55. The molecule has 1 atom stereocenters. The van der Waals surface area contributed by atoms with Crippen LogP contribution in [0.5, 0.6) is 11.5 Å². The standard InChI is InChI=1S/C22H24FN5O3/c1-5-19(29)25-17-11-24-28(2)22(17)21-14-7-6-12(8-16(14)26-27-21)15-9-13(30-3)10-18(31-4)20(15)23/h5,9-12H,1,6-8H2,2-4H3,(H,25,29)(H,26,27)/i4D3. The SMILES string of the molecule is [2H]C([2H])([2H])Oc1cc(OC)cc(C2CCc3c(-c4c(NC(=O)C=C)cnn4C)n[nH]c3C2)c1F. The molecule has 0 saturated heterocycles. The normalized spacial score (nSPS) is 17.1. The molecule has 1 aromatic carbocycles. The van der Waals surface area contributed by atoms with Crippen LogP contribution in [0, 0.1) is 5.82 Å². The number of halogens is 1. The van der Waals surface area contributed by atoms with Crippen molar-refractivity contribution in [3.8, 4) is 22.9 Å². The van der Waals surface area contributed by atoms with E-state index in [1.807, 2.05) is 0 Å². The number of benzene rings is 1. The van der Waals surface area contributed by atoms with E-state index in [1.54, 1.807) is 24.0 Å². The first kappa shape index (κ1) is 17.1. The number of aromatic amines is 1. The van der Waals surface area contributed by atoms with E-state index in [4.69, 9.17) is 13.6 Å². The lowest BCUT2D eigenvalue weighted by Gasteiger charge is -2.24. The van der Waals surface area contributed by atoms with Crippen LogP contribution < -0.4 is 14.8 Å². The molecule has 31 heavy (non-hydrogen) atoms. The van der Waals surface area contributed by atoms with E-state index >= 15 is 4.39 Å². The van der Waals surface area contributed by atoms with Gasteiger partial charge in [0, 0.05) is 24.4 Å². The Morgan fingerprint density at radius 2 is 2.32 bits per heavy atom. The average molecular weight is 428 g/mol. The molecule has 3 aromatic rings. The maximum Gasteiger partial charge on any atom is 0.247 e. The van der Waals surface area contributed by atoms with Crippen LogP contribution >= 0.6 is 0 Å². The van der Waals surface area contributed by atoms with Crippen LogP contribution in [0.2, 0.25) is 0 Å². The molecule has 4 rings (SSSR count). The number of hydrogen-bond donors (Lipinski definition) is 2. The van der Waals surface area contributed by atoms with Crippen molar-refractivity contribution < 1.29 is 22.8 Å². The monoisotopic (exact) mass is 428 g/mol. The maximum atomic E-state index is 15.3. The highest BCUT2D eigenvalue weighted by molar-refractivity contribution is 6.01. The van der Waals surface area contributed by atoms with Gasteiger partial charge in [0.15, 0.2) is 11.6 Å². The van der Waals surface area contributed by atoms with Crippen molar-refractivity contribution in [2.24, 2.45) is 7.05 Å². The van der Waals surface area contributed by atoms with Crippen LogP contribution in [0.1, 0.15) is 33.3 Å². The fraction of sp³-hybridized carbons (Fsp3) is 0.318. The second-order valence-corrected chi connectivity index (χ2v) is 7.32. The van der Waals surface area contributed by atoms with Gasteiger partial charge in [0.05, 0.1) is 30.1 Å².